The first-order chi connectivity index (χ1) is 17.1. The first-order valence-electron chi connectivity index (χ1n) is 13.2. The van der Waals surface area contributed by atoms with E-state index >= 15 is 4.39 Å². The summed E-state index contributed by atoms with van der Waals surface area (Å²) in [5, 5.41) is 0.662. The van der Waals surface area contributed by atoms with Gasteiger partial charge in [-0.1, -0.05) is 86.7 Å². The highest BCUT2D eigenvalue weighted by atomic mass is 19.1. The first-order valence-corrected chi connectivity index (χ1v) is 13.2. The lowest BCUT2D eigenvalue weighted by Crippen LogP contribution is -2.06. The van der Waals surface area contributed by atoms with Gasteiger partial charge in [-0.25, -0.2) is 9.18 Å². The summed E-state index contributed by atoms with van der Waals surface area (Å²) >= 11 is 0. The van der Waals surface area contributed by atoms with E-state index in [1.54, 1.807) is 11.6 Å². The van der Waals surface area contributed by atoms with E-state index in [1.165, 1.54) is 24.8 Å². The summed E-state index contributed by atoms with van der Waals surface area (Å²) in [5.74, 6) is 0.581. The normalized spacial score (nSPS) is 15.8. The zero-order valence-electron chi connectivity index (χ0n) is 21.0. The topological polar surface area (TPSA) is 30.2 Å². The molecule has 1 aliphatic rings. The van der Waals surface area contributed by atoms with Gasteiger partial charge in [0.25, 0.3) is 0 Å². The molecule has 35 heavy (non-hydrogen) atoms. The fourth-order valence-corrected chi connectivity index (χ4v) is 5.16. The monoisotopic (exact) mass is 472 g/mol. The van der Waals surface area contributed by atoms with E-state index in [4.69, 9.17) is 4.42 Å². The van der Waals surface area contributed by atoms with Crippen LogP contribution in [-0.4, -0.2) is 0 Å². The molecule has 0 saturated carbocycles. The zero-order chi connectivity index (χ0) is 24.6. The highest BCUT2D eigenvalue weighted by molar-refractivity contribution is 5.85. The number of allylic oxidation sites excluding steroid dienone is 3. The summed E-state index contributed by atoms with van der Waals surface area (Å²) in [6, 6.07) is 13.8. The van der Waals surface area contributed by atoms with Crippen LogP contribution in [0.5, 0.6) is 0 Å². The summed E-state index contributed by atoms with van der Waals surface area (Å²) in [4.78, 5) is 12.8. The lowest BCUT2D eigenvalue weighted by atomic mass is 9.83. The van der Waals surface area contributed by atoms with Crippen molar-refractivity contribution in [2.45, 2.75) is 83.5 Å². The molecule has 0 radical (unpaired) electrons. The van der Waals surface area contributed by atoms with Crippen molar-refractivity contribution in [1.82, 2.24) is 0 Å². The Labute approximate surface area is 208 Å². The number of unbranched alkanes of at least 4 members (excludes halogenated alkanes) is 4. The first kappa shape index (κ1) is 25.2. The maximum Gasteiger partial charge on any atom is 0.347 e. The van der Waals surface area contributed by atoms with Crippen molar-refractivity contribution in [3.8, 4) is 11.3 Å². The summed E-state index contributed by atoms with van der Waals surface area (Å²) in [6.45, 7) is 6.00. The second-order valence-corrected chi connectivity index (χ2v) is 9.85. The Kier molecular flexibility index (Phi) is 8.74. The van der Waals surface area contributed by atoms with Crippen molar-refractivity contribution >= 4 is 10.8 Å². The number of rotatable bonds is 11. The molecule has 4 rings (SSSR count). The predicted octanol–water partition coefficient (Wildman–Crippen LogP) is 9.27. The third-order valence-corrected chi connectivity index (χ3v) is 7.34. The maximum atomic E-state index is 15.1. The molecule has 0 spiro atoms. The van der Waals surface area contributed by atoms with Crippen LogP contribution in [0.2, 0.25) is 0 Å². The molecule has 0 fully saturated rings. The van der Waals surface area contributed by atoms with E-state index in [1.807, 2.05) is 30.3 Å². The maximum absolute atomic E-state index is 15.1. The van der Waals surface area contributed by atoms with Crippen molar-refractivity contribution in [2.24, 2.45) is 0 Å². The van der Waals surface area contributed by atoms with Crippen LogP contribution in [-0.2, 0) is 6.42 Å². The molecule has 0 saturated heterocycles. The van der Waals surface area contributed by atoms with Crippen LogP contribution < -0.4 is 5.63 Å². The SMILES string of the molecule is C=CCCC1=CCC(c2ccc(-c3cc4ccc(CCCCCCC)c(F)c4c(=O)o3)cc2)CC1. The van der Waals surface area contributed by atoms with E-state index in [0.29, 0.717) is 29.0 Å². The minimum absolute atomic E-state index is 0.0673. The van der Waals surface area contributed by atoms with Crippen molar-refractivity contribution < 1.29 is 8.81 Å². The molecule has 1 heterocycles. The number of benzene rings is 2. The van der Waals surface area contributed by atoms with Crippen molar-refractivity contribution in [3.63, 3.8) is 0 Å². The number of fused-ring (bicyclic) bond motifs is 1. The van der Waals surface area contributed by atoms with E-state index in [9.17, 15) is 4.79 Å². The van der Waals surface area contributed by atoms with Gasteiger partial charge in [0.15, 0.2) is 0 Å². The van der Waals surface area contributed by atoms with E-state index in [0.717, 1.165) is 50.5 Å². The zero-order valence-corrected chi connectivity index (χ0v) is 21.0. The Balaban J connectivity index is 1.48. The van der Waals surface area contributed by atoms with Gasteiger partial charge in [0.05, 0.1) is 0 Å². The molecule has 2 aromatic carbocycles. The number of aryl methyl sites for hydroxylation is 1. The minimum Gasteiger partial charge on any atom is -0.422 e. The molecule has 1 atom stereocenters. The second kappa shape index (κ2) is 12.2. The van der Waals surface area contributed by atoms with Crippen molar-refractivity contribution in [2.75, 3.05) is 0 Å². The lowest BCUT2D eigenvalue weighted by molar-refractivity contribution is 0.527. The summed E-state index contributed by atoms with van der Waals surface area (Å²) < 4.78 is 20.7. The van der Waals surface area contributed by atoms with Gasteiger partial charge in [-0.05, 0) is 73.4 Å². The lowest BCUT2D eigenvalue weighted by Gasteiger charge is -2.22. The fraction of sp³-hybridized carbons (Fsp3) is 0.406. The molecule has 1 aliphatic carbocycles. The van der Waals surface area contributed by atoms with Gasteiger partial charge in [-0.15, -0.1) is 6.58 Å². The van der Waals surface area contributed by atoms with Crippen LogP contribution in [0, 0.1) is 5.82 Å². The second-order valence-electron chi connectivity index (χ2n) is 9.85. The Hall–Kier alpha value is -2.94. The van der Waals surface area contributed by atoms with Gasteiger partial charge < -0.3 is 4.42 Å². The quantitative estimate of drug-likeness (QED) is 0.206. The molecule has 0 amide bonds. The van der Waals surface area contributed by atoms with E-state index in [2.05, 4.69) is 31.7 Å². The molecular weight excluding hydrogens is 435 g/mol. The van der Waals surface area contributed by atoms with Crippen LogP contribution >= 0.6 is 0 Å². The highest BCUT2D eigenvalue weighted by Crippen LogP contribution is 2.35. The van der Waals surface area contributed by atoms with Crippen LogP contribution in [0.1, 0.15) is 88.2 Å². The Morgan fingerprint density at radius 1 is 1.06 bits per heavy atom. The van der Waals surface area contributed by atoms with Crippen molar-refractivity contribution in [1.29, 1.82) is 0 Å². The molecule has 2 nitrogen and oxygen atoms in total. The molecular formula is C32H37FO2. The van der Waals surface area contributed by atoms with Gasteiger partial charge >= 0.3 is 5.63 Å². The third kappa shape index (κ3) is 6.20. The minimum atomic E-state index is -0.601. The predicted molar refractivity (Wildman–Crippen MR) is 144 cm³/mol. The largest absolute Gasteiger partial charge is 0.422 e. The van der Waals surface area contributed by atoms with Gasteiger partial charge in [0.1, 0.15) is 17.0 Å². The van der Waals surface area contributed by atoms with Crippen LogP contribution in [0.15, 0.2) is 76.0 Å². The Bertz CT molecular complexity index is 1230. The smallest absolute Gasteiger partial charge is 0.347 e. The van der Waals surface area contributed by atoms with Gasteiger partial charge in [-0.3, -0.25) is 0 Å². The molecule has 1 unspecified atom stereocenters. The Morgan fingerprint density at radius 3 is 2.57 bits per heavy atom. The summed E-state index contributed by atoms with van der Waals surface area (Å²) in [5.41, 5.74) is 3.70. The van der Waals surface area contributed by atoms with Crippen LogP contribution in [0.4, 0.5) is 4.39 Å². The molecule has 3 heteroatoms. The van der Waals surface area contributed by atoms with Gasteiger partial charge in [0.2, 0.25) is 0 Å². The van der Waals surface area contributed by atoms with Crippen LogP contribution in [0.3, 0.4) is 0 Å². The Morgan fingerprint density at radius 2 is 1.86 bits per heavy atom. The molecule has 3 aromatic rings. The van der Waals surface area contributed by atoms with E-state index < -0.39 is 11.4 Å². The number of hydrogen-bond donors (Lipinski definition) is 0. The third-order valence-electron chi connectivity index (χ3n) is 7.34. The van der Waals surface area contributed by atoms with Gasteiger partial charge in [-0.2, -0.15) is 0 Å². The van der Waals surface area contributed by atoms with Crippen molar-refractivity contribution in [3.05, 3.63) is 94.1 Å². The number of hydrogen-bond acceptors (Lipinski definition) is 2. The van der Waals surface area contributed by atoms with Crippen LogP contribution in [0.25, 0.3) is 22.1 Å². The average molecular weight is 473 g/mol. The summed E-state index contributed by atoms with van der Waals surface area (Å²) in [6.07, 6.45) is 16.2. The molecule has 184 valence electrons. The fourth-order valence-electron chi connectivity index (χ4n) is 5.16. The molecule has 0 N–H and O–H groups in total. The highest BCUT2D eigenvalue weighted by Gasteiger charge is 2.17. The standard InChI is InChI=1S/C32H37FO2/c1-3-5-7-8-9-11-27-20-21-28-22-29(35-32(34)30(28)31(27)33)26-18-16-25(17-19-26)24-14-12-23(13-15-24)10-6-4-2/h4,12,16-22,24H,2-3,5-11,13-15H2,1H3. The molecule has 1 aromatic heterocycles. The molecule has 0 bridgehead atoms. The number of halogens is 1. The average Bonchev–Trinajstić information content (AvgIpc) is 2.88. The summed E-state index contributed by atoms with van der Waals surface area (Å²) in [7, 11) is 0. The van der Waals surface area contributed by atoms with E-state index in [-0.39, 0.29) is 5.39 Å². The molecule has 0 aliphatic heterocycles. The van der Waals surface area contributed by atoms with Gasteiger partial charge in [0, 0.05) is 5.56 Å².